The van der Waals surface area contributed by atoms with Gasteiger partial charge in [-0.3, -0.25) is 59.2 Å². The van der Waals surface area contributed by atoms with Crippen molar-refractivity contribution >= 4 is 35.6 Å². The largest absolute Gasteiger partial charge is 0.480 e. The Morgan fingerprint density at radius 2 is 1.02 bits per heavy atom. The minimum Gasteiger partial charge on any atom is -0.480 e. The molecule has 2 saturated heterocycles. The summed E-state index contributed by atoms with van der Waals surface area (Å²) >= 11 is 0. The van der Waals surface area contributed by atoms with Gasteiger partial charge in [0, 0.05) is 71.4 Å². The Morgan fingerprint density at radius 1 is 0.644 bits per heavy atom. The molecule has 17 heteroatoms. The van der Waals surface area contributed by atoms with Crippen molar-refractivity contribution in [2.45, 2.75) is 39.2 Å². The van der Waals surface area contributed by atoms with E-state index in [0.29, 0.717) is 71.6 Å². The summed E-state index contributed by atoms with van der Waals surface area (Å²) in [5, 5.41) is 28.1. The second-order valence-corrected chi connectivity index (χ2v) is 12.2. The Hall–Kier alpha value is -3.38. The lowest BCUT2D eigenvalue weighted by atomic mass is 9.96. The average Bonchev–Trinajstić information content (AvgIpc) is 2.95. The van der Waals surface area contributed by atoms with Crippen molar-refractivity contribution in [1.82, 2.24) is 35.4 Å². The highest BCUT2D eigenvalue weighted by molar-refractivity contribution is 5.86. The summed E-state index contributed by atoms with van der Waals surface area (Å²) in [6, 6.07) is -0.727. The van der Waals surface area contributed by atoms with Gasteiger partial charge < -0.3 is 26.0 Å². The Morgan fingerprint density at radius 3 is 1.38 bits per heavy atom. The number of hydrogen-bond donors (Lipinski definition) is 6. The van der Waals surface area contributed by atoms with Gasteiger partial charge in [-0.1, -0.05) is 13.8 Å². The lowest BCUT2D eigenvalue weighted by Crippen LogP contribution is -2.53. The second kappa shape index (κ2) is 19.2. The van der Waals surface area contributed by atoms with Gasteiger partial charge in [-0.05, 0) is 25.2 Å². The maximum absolute atomic E-state index is 13.3. The number of amides is 3. The molecule has 0 unspecified atom stereocenters. The number of piperidine rings is 1. The predicted octanol–water partition coefficient (Wildman–Crippen LogP) is -2.78. The molecular weight excluding hydrogens is 592 g/mol. The number of nitrogens with zero attached hydrogens (tertiary/aromatic N) is 5. The first kappa shape index (κ1) is 37.8. The quantitative estimate of drug-likeness (QED) is 0.118. The molecule has 2 aliphatic rings. The first-order valence-electron chi connectivity index (χ1n) is 15.4. The first-order valence-corrected chi connectivity index (χ1v) is 15.4. The molecular formula is C28H50N8O9. The molecule has 0 aromatic rings. The summed E-state index contributed by atoms with van der Waals surface area (Å²) in [7, 11) is 0. The van der Waals surface area contributed by atoms with Crippen LogP contribution in [0, 0.1) is 11.8 Å². The number of nitrogens with two attached hydrogens (primary N) is 1. The number of hydrogen-bond acceptors (Lipinski definition) is 11. The van der Waals surface area contributed by atoms with Crippen LogP contribution in [0.1, 0.15) is 33.1 Å². The zero-order valence-corrected chi connectivity index (χ0v) is 26.4. The fourth-order valence-corrected chi connectivity index (χ4v) is 5.40. The van der Waals surface area contributed by atoms with E-state index in [1.165, 1.54) is 0 Å². The van der Waals surface area contributed by atoms with Crippen LogP contribution >= 0.6 is 0 Å². The van der Waals surface area contributed by atoms with E-state index in [1.54, 1.807) is 19.6 Å². The van der Waals surface area contributed by atoms with Crippen molar-refractivity contribution in [1.29, 1.82) is 0 Å². The molecule has 2 fully saturated rings. The summed E-state index contributed by atoms with van der Waals surface area (Å²) < 4.78 is 0. The smallest absolute Gasteiger partial charge is 0.317 e. The number of hydrazine groups is 1. The van der Waals surface area contributed by atoms with Gasteiger partial charge in [0.05, 0.1) is 32.2 Å². The van der Waals surface area contributed by atoms with Gasteiger partial charge >= 0.3 is 17.9 Å². The highest BCUT2D eigenvalue weighted by Crippen LogP contribution is 2.17. The highest BCUT2D eigenvalue weighted by atomic mass is 16.4. The number of carbonyl (C=O) groups is 6. The van der Waals surface area contributed by atoms with Crippen molar-refractivity contribution in [3.63, 3.8) is 0 Å². The third kappa shape index (κ3) is 15.0. The van der Waals surface area contributed by atoms with Crippen LogP contribution in [-0.2, 0) is 28.8 Å². The molecule has 17 nitrogen and oxygen atoms in total. The van der Waals surface area contributed by atoms with Crippen molar-refractivity contribution in [3.8, 4) is 0 Å². The molecule has 0 aromatic carbocycles. The van der Waals surface area contributed by atoms with Crippen molar-refractivity contribution in [3.05, 3.63) is 0 Å². The topological polar surface area (TPSA) is 229 Å². The van der Waals surface area contributed by atoms with E-state index < -0.39 is 29.9 Å². The molecule has 0 spiro atoms. The van der Waals surface area contributed by atoms with E-state index in [0.717, 1.165) is 0 Å². The van der Waals surface area contributed by atoms with Gasteiger partial charge in [-0.15, -0.1) is 0 Å². The molecule has 0 bridgehead atoms. The minimum absolute atomic E-state index is 0.0353. The predicted molar refractivity (Wildman–Crippen MR) is 162 cm³/mol. The van der Waals surface area contributed by atoms with Gasteiger partial charge in [-0.25, -0.2) is 0 Å². The monoisotopic (exact) mass is 642 g/mol. The zero-order valence-electron chi connectivity index (χ0n) is 26.4. The van der Waals surface area contributed by atoms with Crippen molar-refractivity contribution in [2.75, 3.05) is 91.6 Å². The summed E-state index contributed by atoms with van der Waals surface area (Å²) in [4.78, 5) is 81.0. The molecule has 1 atom stereocenters. The Bertz CT molecular complexity index is 990. The Labute approximate surface area is 263 Å². The van der Waals surface area contributed by atoms with Gasteiger partial charge in [0.25, 0.3) is 5.91 Å². The molecule has 2 aliphatic heterocycles. The average molecular weight is 643 g/mol. The van der Waals surface area contributed by atoms with Crippen LogP contribution in [-0.4, -0.2) is 173 Å². The number of aliphatic carboxylic acids is 3. The third-order valence-corrected chi connectivity index (χ3v) is 7.95. The van der Waals surface area contributed by atoms with E-state index in [4.69, 9.17) is 5.73 Å². The molecule has 0 aliphatic carbocycles. The standard InChI is InChI=1S/C28H50N8O9/c1-20(2)15-22(29)28(45)31-30-27(44)21-3-5-36(6-4-21)23(37)16-32-7-9-33(17-24(38)39)11-13-35(19-26(42)43)14-12-34(10-8-32)18-25(40)41/h20-22H,3-19,29H2,1-2H3,(H,30,44)(H,31,45)(H,38,39)(H,40,41)(H,42,43)/t22-/m1/s1. The maximum Gasteiger partial charge on any atom is 0.317 e. The molecule has 7 N–H and O–H groups in total. The number of carbonyl (C=O) groups excluding carboxylic acids is 3. The van der Waals surface area contributed by atoms with E-state index in [-0.39, 0.29) is 62.9 Å². The fraction of sp³-hybridized carbons (Fsp3) is 0.786. The van der Waals surface area contributed by atoms with E-state index >= 15 is 0 Å². The normalized spacial score (nSPS) is 19.7. The van der Waals surface area contributed by atoms with Crippen LogP contribution < -0.4 is 16.6 Å². The minimum atomic E-state index is -1.03. The Balaban J connectivity index is 1.98. The molecule has 2 heterocycles. The summed E-state index contributed by atoms with van der Waals surface area (Å²) in [6.07, 6.45) is 1.31. The molecule has 3 amide bonds. The second-order valence-electron chi connectivity index (χ2n) is 12.2. The van der Waals surface area contributed by atoms with Crippen LogP contribution in [0.2, 0.25) is 0 Å². The highest BCUT2D eigenvalue weighted by Gasteiger charge is 2.29. The molecule has 2 rings (SSSR count). The van der Waals surface area contributed by atoms with Gasteiger partial charge in [-0.2, -0.15) is 0 Å². The van der Waals surface area contributed by atoms with Gasteiger partial charge in [0.15, 0.2) is 0 Å². The van der Waals surface area contributed by atoms with Crippen molar-refractivity contribution < 1.29 is 44.1 Å². The van der Waals surface area contributed by atoms with Gasteiger partial charge in [0.1, 0.15) is 0 Å². The van der Waals surface area contributed by atoms with Crippen molar-refractivity contribution in [2.24, 2.45) is 17.6 Å². The summed E-state index contributed by atoms with van der Waals surface area (Å²) in [5.41, 5.74) is 10.7. The molecule has 0 radical (unpaired) electrons. The van der Waals surface area contributed by atoms with Crippen LogP contribution in [0.4, 0.5) is 0 Å². The zero-order chi connectivity index (χ0) is 33.5. The third-order valence-electron chi connectivity index (χ3n) is 7.95. The fourth-order valence-electron chi connectivity index (χ4n) is 5.40. The first-order chi connectivity index (χ1) is 21.2. The maximum atomic E-state index is 13.3. The summed E-state index contributed by atoms with van der Waals surface area (Å²) in [5.74, 6) is -4.18. The van der Waals surface area contributed by atoms with Crippen LogP contribution in [0.5, 0.6) is 0 Å². The van der Waals surface area contributed by atoms with E-state index in [2.05, 4.69) is 10.9 Å². The number of rotatable bonds is 12. The molecule has 0 saturated carbocycles. The SMILES string of the molecule is CC(C)C[C@@H](N)C(=O)NNC(=O)C1CCN(C(=O)CN2CCN(CC(=O)O)CCN(CC(=O)O)CCN(CC(=O)O)CC2)CC1. The molecule has 256 valence electrons. The lowest BCUT2D eigenvalue weighted by Gasteiger charge is -2.35. The molecule has 0 aromatic heterocycles. The van der Waals surface area contributed by atoms with Crippen LogP contribution in [0.25, 0.3) is 0 Å². The van der Waals surface area contributed by atoms with E-state index in [9.17, 15) is 44.1 Å². The van der Waals surface area contributed by atoms with Crippen LogP contribution in [0.3, 0.4) is 0 Å². The van der Waals surface area contributed by atoms with Crippen LogP contribution in [0.15, 0.2) is 0 Å². The number of carboxylic acid groups (broad SMARTS) is 3. The molecule has 45 heavy (non-hydrogen) atoms. The lowest BCUT2D eigenvalue weighted by molar-refractivity contribution is -0.141. The van der Waals surface area contributed by atoms with E-state index in [1.807, 2.05) is 18.7 Å². The van der Waals surface area contributed by atoms with Gasteiger partial charge in [0.2, 0.25) is 11.8 Å². The number of nitrogens with one attached hydrogen (secondary N) is 2. The number of carboxylic acids is 3. The number of likely N-dealkylation sites (tertiary alicyclic amines) is 1. The Kier molecular flexibility index (Phi) is 16.1. The summed E-state index contributed by atoms with van der Waals surface area (Å²) in [6.45, 7) is 6.36.